The molecule has 5 nitrogen and oxygen atoms in total. The van der Waals surface area contributed by atoms with Crippen LogP contribution in [0.25, 0.3) is 5.70 Å². The molecule has 1 amide bonds. The summed E-state index contributed by atoms with van der Waals surface area (Å²) < 4.78 is 0.990. The fourth-order valence-corrected chi connectivity index (χ4v) is 1.61. The number of hydroxylamine groups is 2. The average molecular weight is 340 g/mol. The van der Waals surface area contributed by atoms with Gasteiger partial charge in [0.1, 0.15) is 0 Å². The minimum atomic E-state index is -0.325. The van der Waals surface area contributed by atoms with Gasteiger partial charge in [0.25, 0.3) is 5.91 Å². The molecule has 0 saturated carbocycles. The second-order valence-corrected chi connectivity index (χ2v) is 5.18. The van der Waals surface area contributed by atoms with Gasteiger partial charge in [-0.15, -0.1) is 0 Å². The van der Waals surface area contributed by atoms with Gasteiger partial charge in [0.2, 0.25) is 0 Å². The second-order valence-electron chi connectivity index (χ2n) is 4.26. The van der Waals surface area contributed by atoms with E-state index in [9.17, 15) is 4.79 Å². The van der Waals surface area contributed by atoms with Crippen molar-refractivity contribution < 1.29 is 9.63 Å². The molecule has 0 N–H and O–H groups in total. The molecule has 0 radical (unpaired) electrons. The number of rotatable bonds is 5. The highest BCUT2D eigenvalue weighted by Gasteiger charge is 2.05. The molecule has 1 aromatic rings. The minimum absolute atomic E-state index is 0.325. The smallest absolute Gasteiger partial charge is 0.288 e. The standard InChI is InChI=1S/C14H18BrN3O2/c1-17(2)10-13(11-5-7-12(15)8-6-11)16-9-14(19)18(3)20-4/h5-10H,1-4H3/b13-10-,16-9?. The maximum absolute atomic E-state index is 11.7. The van der Waals surface area contributed by atoms with Crippen molar-refractivity contribution in [2.75, 3.05) is 28.3 Å². The van der Waals surface area contributed by atoms with Crippen LogP contribution in [-0.2, 0) is 9.63 Å². The number of aliphatic imine (C=N–C) groups is 1. The Morgan fingerprint density at radius 1 is 1.25 bits per heavy atom. The summed E-state index contributed by atoms with van der Waals surface area (Å²) in [6.45, 7) is 0. The van der Waals surface area contributed by atoms with Gasteiger partial charge >= 0.3 is 0 Å². The molecule has 0 aliphatic carbocycles. The lowest BCUT2D eigenvalue weighted by molar-refractivity contribution is -0.159. The van der Waals surface area contributed by atoms with Gasteiger partial charge < -0.3 is 4.90 Å². The third-order valence-electron chi connectivity index (χ3n) is 2.42. The Morgan fingerprint density at radius 2 is 1.85 bits per heavy atom. The van der Waals surface area contributed by atoms with Gasteiger partial charge in [0.15, 0.2) is 0 Å². The van der Waals surface area contributed by atoms with Gasteiger partial charge in [-0.1, -0.05) is 28.1 Å². The molecule has 108 valence electrons. The van der Waals surface area contributed by atoms with E-state index in [1.165, 1.54) is 20.4 Å². The Kier molecular flexibility index (Phi) is 6.41. The summed E-state index contributed by atoms with van der Waals surface area (Å²) in [7, 11) is 6.76. The van der Waals surface area contributed by atoms with Crippen LogP contribution in [0.4, 0.5) is 0 Å². The summed E-state index contributed by atoms with van der Waals surface area (Å²) in [5, 5.41) is 1.11. The number of benzene rings is 1. The SMILES string of the molecule is CON(C)C(=O)C=N/C(=C\N(C)C)c1ccc(Br)cc1. The van der Waals surface area contributed by atoms with Crippen LogP contribution in [0.1, 0.15) is 5.56 Å². The fourth-order valence-electron chi connectivity index (χ4n) is 1.34. The van der Waals surface area contributed by atoms with Crippen molar-refractivity contribution >= 4 is 33.7 Å². The zero-order chi connectivity index (χ0) is 15.1. The van der Waals surface area contributed by atoms with Crippen LogP contribution < -0.4 is 0 Å². The molecule has 0 aliphatic rings. The summed E-state index contributed by atoms with van der Waals surface area (Å²) in [6.07, 6.45) is 3.08. The third-order valence-corrected chi connectivity index (χ3v) is 2.95. The highest BCUT2D eigenvalue weighted by molar-refractivity contribution is 9.10. The summed E-state index contributed by atoms with van der Waals surface area (Å²) in [6, 6.07) is 7.72. The minimum Gasteiger partial charge on any atom is -0.382 e. The molecule has 0 aliphatic heterocycles. The molecule has 0 aromatic heterocycles. The molecule has 1 rings (SSSR count). The van der Waals surface area contributed by atoms with Crippen molar-refractivity contribution in [2.45, 2.75) is 0 Å². The van der Waals surface area contributed by atoms with Crippen molar-refractivity contribution in [3.05, 3.63) is 40.5 Å². The molecule has 0 fully saturated rings. The fraction of sp³-hybridized carbons (Fsp3) is 0.286. The van der Waals surface area contributed by atoms with Crippen LogP contribution in [0.2, 0.25) is 0 Å². The number of nitrogens with zero attached hydrogens (tertiary/aromatic N) is 3. The Labute approximate surface area is 127 Å². The third kappa shape index (κ3) is 5.14. The maximum Gasteiger partial charge on any atom is 0.288 e. The summed E-state index contributed by atoms with van der Waals surface area (Å²) in [5.74, 6) is -0.325. The summed E-state index contributed by atoms with van der Waals surface area (Å²) in [5.41, 5.74) is 1.62. The molecule has 0 saturated heterocycles. The number of carbonyl (C=O) groups excluding carboxylic acids is 1. The van der Waals surface area contributed by atoms with Crippen molar-refractivity contribution in [3.63, 3.8) is 0 Å². The second kappa shape index (κ2) is 7.81. The molecule has 0 heterocycles. The average Bonchev–Trinajstić information content (AvgIpc) is 2.42. The first-order chi connectivity index (χ1) is 9.43. The van der Waals surface area contributed by atoms with E-state index in [0.29, 0.717) is 5.70 Å². The van der Waals surface area contributed by atoms with Gasteiger partial charge in [0.05, 0.1) is 19.0 Å². The van der Waals surface area contributed by atoms with Crippen LogP contribution in [-0.4, -0.2) is 50.3 Å². The van der Waals surface area contributed by atoms with E-state index >= 15 is 0 Å². The van der Waals surface area contributed by atoms with Gasteiger partial charge in [-0.05, 0) is 12.1 Å². The molecular weight excluding hydrogens is 322 g/mol. The Bertz CT molecular complexity index is 510. The number of hydrogen-bond donors (Lipinski definition) is 0. The van der Waals surface area contributed by atoms with Crippen molar-refractivity contribution in [1.82, 2.24) is 9.96 Å². The largest absolute Gasteiger partial charge is 0.382 e. The van der Waals surface area contributed by atoms with E-state index in [1.807, 2.05) is 49.5 Å². The highest BCUT2D eigenvalue weighted by atomic mass is 79.9. The predicted molar refractivity (Wildman–Crippen MR) is 84.1 cm³/mol. The van der Waals surface area contributed by atoms with Crippen molar-refractivity contribution in [3.8, 4) is 0 Å². The lowest BCUT2D eigenvalue weighted by Gasteiger charge is -2.11. The topological polar surface area (TPSA) is 45.1 Å². The quantitative estimate of drug-likeness (QED) is 0.611. The first-order valence-electron chi connectivity index (χ1n) is 5.94. The van der Waals surface area contributed by atoms with E-state index in [-0.39, 0.29) is 5.91 Å². The van der Waals surface area contributed by atoms with E-state index in [2.05, 4.69) is 20.9 Å². The summed E-state index contributed by atoms with van der Waals surface area (Å²) >= 11 is 3.39. The van der Waals surface area contributed by atoms with Crippen LogP contribution in [0.5, 0.6) is 0 Å². The van der Waals surface area contributed by atoms with Crippen molar-refractivity contribution in [2.24, 2.45) is 4.99 Å². The maximum atomic E-state index is 11.7. The Balaban J connectivity index is 3.00. The Morgan fingerprint density at radius 3 is 2.35 bits per heavy atom. The zero-order valence-corrected chi connectivity index (χ0v) is 13.6. The molecular formula is C14H18BrN3O2. The van der Waals surface area contributed by atoms with Crippen LogP contribution in [0.3, 0.4) is 0 Å². The van der Waals surface area contributed by atoms with E-state index in [4.69, 9.17) is 4.84 Å². The predicted octanol–water partition coefficient (Wildman–Crippen LogP) is 2.40. The van der Waals surface area contributed by atoms with E-state index in [0.717, 1.165) is 15.1 Å². The molecule has 0 bridgehead atoms. The number of hydrogen-bond acceptors (Lipinski definition) is 4. The first kappa shape index (κ1) is 16.4. The Hall–Kier alpha value is -1.66. The monoisotopic (exact) mass is 339 g/mol. The van der Waals surface area contributed by atoms with Crippen LogP contribution in [0, 0.1) is 0 Å². The highest BCUT2D eigenvalue weighted by Crippen LogP contribution is 2.19. The lowest BCUT2D eigenvalue weighted by Crippen LogP contribution is -2.26. The zero-order valence-electron chi connectivity index (χ0n) is 12.0. The normalized spacial score (nSPS) is 11.8. The number of halogens is 1. The van der Waals surface area contributed by atoms with Crippen LogP contribution >= 0.6 is 15.9 Å². The lowest BCUT2D eigenvalue weighted by atomic mass is 10.2. The van der Waals surface area contributed by atoms with Crippen molar-refractivity contribution in [1.29, 1.82) is 0 Å². The van der Waals surface area contributed by atoms with Gasteiger partial charge in [0, 0.05) is 37.4 Å². The number of amides is 1. The van der Waals surface area contributed by atoms with Gasteiger partial charge in [-0.25, -0.2) is 10.1 Å². The number of carbonyl (C=O) groups is 1. The molecule has 20 heavy (non-hydrogen) atoms. The van der Waals surface area contributed by atoms with E-state index in [1.54, 1.807) is 0 Å². The molecule has 0 spiro atoms. The molecule has 0 atom stereocenters. The first-order valence-corrected chi connectivity index (χ1v) is 6.73. The van der Waals surface area contributed by atoms with Gasteiger partial charge in [-0.3, -0.25) is 9.63 Å². The molecule has 1 aromatic carbocycles. The molecule has 6 heteroatoms. The van der Waals surface area contributed by atoms with Gasteiger partial charge in [-0.2, -0.15) is 0 Å². The van der Waals surface area contributed by atoms with E-state index < -0.39 is 0 Å². The summed E-state index contributed by atoms with van der Waals surface area (Å²) in [4.78, 5) is 22.6. The van der Waals surface area contributed by atoms with Crippen LogP contribution in [0.15, 0.2) is 39.9 Å². The molecule has 0 unspecified atom stereocenters.